The molecule has 0 saturated heterocycles. The third-order valence-electron chi connectivity index (χ3n) is 3.81. The van der Waals surface area contributed by atoms with Crippen LogP contribution < -0.4 is 21.4 Å². The summed E-state index contributed by atoms with van der Waals surface area (Å²) >= 11 is 0. The summed E-state index contributed by atoms with van der Waals surface area (Å²) in [5.41, 5.74) is 1.92. The topological polar surface area (TPSA) is 134 Å². The number of halogens is 3. The number of anilines is 2. The van der Waals surface area contributed by atoms with Gasteiger partial charge >= 0.3 is 6.18 Å². The van der Waals surface area contributed by atoms with Gasteiger partial charge in [-0.05, 0) is 26.7 Å². The molecule has 1 heterocycles. The first-order chi connectivity index (χ1) is 13.7. The van der Waals surface area contributed by atoms with Crippen molar-refractivity contribution in [3.05, 3.63) is 23.7 Å². The van der Waals surface area contributed by atoms with Gasteiger partial charge in [-0.15, -0.1) is 0 Å². The van der Waals surface area contributed by atoms with Gasteiger partial charge in [0, 0.05) is 31.1 Å². The quantitative estimate of drug-likeness (QED) is 0.245. The van der Waals surface area contributed by atoms with Crippen LogP contribution >= 0.6 is 0 Å². The second kappa shape index (κ2) is 9.85. The van der Waals surface area contributed by atoms with Crippen LogP contribution in [-0.2, 0) is 6.18 Å². The van der Waals surface area contributed by atoms with E-state index in [0.717, 1.165) is 25.3 Å². The maximum atomic E-state index is 13.1. The van der Waals surface area contributed by atoms with Crippen molar-refractivity contribution < 1.29 is 13.2 Å². The van der Waals surface area contributed by atoms with Gasteiger partial charge in [0.05, 0.1) is 18.0 Å². The molecule has 0 radical (unpaired) electrons. The first kappa shape index (κ1) is 22.1. The molecule has 9 nitrogen and oxygen atoms in total. The van der Waals surface area contributed by atoms with Crippen molar-refractivity contribution in [2.24, 2.45) is 5.10 Å². The van der Waals surface area contributed by atoms with Crippen LogP contribution in [0, 0.1) is 10.8 Å². The van der Waals surface area contributed by atoms with Crippen LogP contribution in [0.3, 0.4) is 0 Å². The van der Waals surface area contributed by atoms with Crippen molar-refractivity contribution in [1.29, 1.82) is 10.8 Å². The van der Waals surface area contributed by atoms with E-state index < -0.39 is 17.8 Å². The van der Waals surface area contributed by atoms with Crippen LogP contribution in [0.4, 0.5) is 24.9 Å². The van der Waals surface area contributed by atoms with Gasteiger partial charge in [0.25, 0.3) is 0 Å². The molecular formula is C17H24F3N9. The lowest BCUT2D eigenvalue weighted by atomic mass is 10.2. The zero-order valence-electron chi connectivity index (χ0n) is 16.1. The van der Waals surface area contributed by atoms with Gasteiger partial charge in [-0.2, -0.15) is 23.3 Å². The normalized spacial score (nSPS) is 15.7. The highest BCUT2D eigenvalue weighted by atomic mass is 19.4. The molecule has 1 aromatic heterocycles. The van der Waals surface area contributed by atoms with Crippen LogP contribution in [0.1, 0.15) is 32.3 Å². The molecule has 1 aliphatic rings. The van der Waals surface area contributed by atoms with Crippen LogP contribution in [0.5, 0.6) is 0 Å². The average Bonchev–Trinajstić information content (AvgIpc) is 3.45. The molecular weight excluding hydrogens is 387 g/mol. The van der Waals surface area contributed by atoms with Gasteiger partial charge in [-0.25, -0.2) is 4.98 Å². The van der Waals surface area contributed by atoms with E-state index in [0.29, 0.717) is 5.82 Å². The molecule has 1 fully saturated rings. The number of hydrogen-bond acceptors (Lipinski definition) is 9. The van der Waals surface area contributed by atoms with E-state index in [4.69, 9.17) is 10.8 Å². The fraction of sp³-hybridized carbons (Fsp3) is 0.471. The molecule has 0 aliphatic heterocycles. The molecule has 1 unspecified atom stereocenters. The number of nitrogens with zero attached hydrogens (tertiary/aromatic N) is 3. The number of rotatable bonds is 11. The van der Waals surface area contributed by atoms with Crippen LogP contribution in [0.15, 0.2) is 23.2 Å². The lowest BCUT2D eigenvalue weighted by Gasteiger charge is -2.17. The average molecular weight is 411 g/mol. The fourth-order valence-electron chi connectivity index (χ4n) is 2.18. The van der Waals surface area contributed by atoms with Crippen molar-refractivity contribution in [2.45, 2.75) is 44.9 Å². The number of hydrazone groups is 1. The standard InChI is InChI=1S/C17H24F3N9/c1-3-23-15-12(17(18,19)20)9-24-16(28-15)27-14(26-11-4-5-11)8-13(22)10(2)29-25-7-6-21/h6-11,21-22,26,29H,3-5H2,1-2H3,(H2,23,24,27,28)/b14-8+,21-6?,22-13?,25-7-. The molecule has 1 atom stereocenters. The number of hydrogen-bond donors (Lipinski definition) is 6. The van der Waals surface area contributed by atoms with Crippen LogP contribution in [0.25, 0.3) is 0 Å². The molecule has 2 rings (SSSR count). The lowest BCUT2D eigenvalue weighted by Crippen LogP contribution is -2.31. The predicted molar refractivity (Wildman–Crippen MR) is 107 cm³/mol. The van der Waals surface area contributed by atoms with Crippen LogP contribution in [0.2, 0.25) is 0 Å². The zero-order valence-corrected chi connectivity index (χ0v) is 16.1. The Hall–Kier alpha value is -3.18. The fourth-order valence-corrected chi connectivity index (χ4v) is 2.18. The monoisotopic (exact) mass is 411 g/mol. The highest BCUT2D eigenvalue weighted by Crippen LogP contribution is 2.33. The third-order valence-corrected chi connectivity index (χ3v) is 3.81. The van der Waals surface area contributed by atoms with E-state index >= 15 is 0 Å². The van der Waals surface area contributed by atoms with Gasteiger partial charge in [-0.1, -0.05) is 0 Å². The lowest BCUT2D eigenvalue weighted by molar-refractivity contribution is -0.137. The molecule has 12 heteroatoms. The van der Waals surface area contributed by atoms with E-state index in [-0.39, 0.29) is 30.1 Å². The summed E-state index contributed by atoms with van der Waals surface area (Å²) < 4.78 is 39.3. The smallest absolute Gasteiger partial charge is 0.370 e. The van der Waals surface area contributed by atoms with Gasteiger partial charge in [0.2, 0.25) is 5.95 Å². The van der Waals surface area contributed by atoms with Crippen LogP contribution in [-0.4, -0.2) is 46.7 Å². The third kappa shape index (κ3) is 7.05. The summed E-state index contributed by atoms with van der Waals surface area (Å²) in [6.07, 6.45) is 1.83. The Morgan fingerprint density at radius 1 is 1.41 bits per heavy atom. The summed E-state index contributed by atoms with van der Waals surface area (Å²) in [6.45, 7) is 3.66. The van der Waals surface area contributed by atoms with Crippen molar-refractivity contribution in [3.63, 3.8) is 0 Å². The minimum atomic E-state index is -4.57. The SMILES string of the molecule is CCNc1nc(N/C(=C/C(=N)C(C)N/N=C\C=N)NC2CC2)ncc1C(F)(F)F. The number of alkyl halides is 3. The molecule has 1 saturated carbocycles. The van der Waals surface area contributed by atoms with Gasteiger partial charge in [0.15, 0.2) is 0 Å². The minimum absolute atomic E-state index is 0.0245. The number of aromatic nitrogens is 2. The largest absolute Gasteiger partial charge is 0.421 e. The van der Waals surface area contributed by atoms with E-state index in [9.17, 15) is 13.2 Å². The van der Waals surface area contributed by atoms with Gasteiger partial charge < -0.3 is 32.2 Å². The highest BCUT2D eigenvalue weighted by Gasteiger charge is 2.35. The van der Waals surface area contributed by atoms with Gasteiger partial charge in [-0.3, -0.25) is 0 Å². The van der Waals surface area contributed by atoms with Crippen molar-refractivity contribution in [3.8, 4) is 0 Å². The van der Waals surface area contributed by atoms with E-state index in [2.05, 4.69) is 36.4 Å². The van der Waals surface area contributed by atoms with E-state index in [1.165, 1.54) is 12.3 Å². The molecule has 0 aromatic carbocycles. The second-order valence-corrected chi connectivity index (χ2v) is 6.34. The summed E-state index contributed by atoms with van der Waals surface area (Å²) in [4.78, 5) is 7.71. The first-order valence-corrected chi connectivity index (χ1v) is 9.04. The van der Waals surface area contributed by atoms with E-state index in [1.54, 1.807) is 13.8 Å². The molecule has 6 N–H and O–H groups in total. The Kier molecular flexibility index (Phi) is 7.51. The molecule has 1 aliphatic carbocycles. The minimum Gasteiger partial charge on any atom is -0.370 e. The Bertz CT molecular complexity index is 785. The molecule has 1 aromatic rings. The van der Waals surface area contributed by atoms with Gasteiger partial charge in [0.1, 0.15) is 17.2 Å². The Morgan fingerprint density at radius 3 is 2.72 bits per heavy atom. The number of nitrogens with one attached hydrogen (secondary N) is 6. The maximum absolute atomic E-state index is 13.1. The maximum Gasteiger partial charge on any atom is 0.421 e. The molecule has 0 bridgehead atoms. The van der Waals surface area contributed by atoms with Crippen molar-refractivity contribution in [1.82, 2.24) is 20.7 Å². The molecule has 158 valence electrons. The van der Waals surface area contributed by atoms with Crippen molar-refractivity contribution in [2.75, 3.05) is 17.2 Å². The second-order valence-electron chi connectivity index (χ2n) is 6.34. The predicted octanol–water partition coefficient (Wildman–Crippen LogP) is 2.57. The molecule has 29 heavy (non-hydrogen) atoms. The molecule has 0 amide bonds. The zero-order chi connectivity index (χ0) is 21.4. The Balaban J connectivity index is 2.20. The summed E-state index contributed by atoms with van der Waals surface area (Å²) in [5, 5.41) is 27.5. The summed E-state index contributed by atoms with van der Waals surface area (Å²) in [5.74, 6) is 0.0716. The Morgan fingerprint density at radius 2 is 2.14 bits per heavy atom. The first-order valence-electron chi connectivity index (χ1n) is 9.04. The van der Waals surface area contributed by atoms with Crippen molar-refractivity contribution >= 4 is 29.9 Å². The summed E-state index contributed by atoms with van der Waals surface area (Å²) in [6, 6.07) is -0.224. The molecule has 0 spiro atoms. The highest BCUT2D eigenvalue weighted by molar-refractivity contribution is 6.14. The van der Waals surface area contributed by atoms with E-state index in [1.807, 2.05) is 0 Å². The Labute approximate surface area is 166 Å². The summed E-state index contributed by atoms with van der Waals surface area (Å²) in [7, 11) is 0.